The average molecular weight is 390 g/mol. The van der Waals surface area contributed by atoms with Crippen LogP contribution in [-0.2, 0) is 9.59 Å². The van der Waals surface area contributed by atoms with Crippen LogP contribution in [0.4, 0.5) is 5.69 Å². The highest BCUT2D eigenvalue weighted by Crippen LogP contribution is 2.24. The molecule has 2 N–H and O–H groups in total. The number of carboxylic acid groups (broad SMARTS) is 1. The van der Waals surface area contributed by atoms with Gasteiger partial charge in [0.1, 0.15) is 5.75 Å². The molecule has 0 spiro atoms. The summed E-state index contributed by atoms with van der Waals surface area (Å²) in [4.78, 5) is 23.4. The Morgan fingerprint density at radius 2 is 1.85 bits per heavy atom. The summed E-state index contributed by atoms with van der Waals surface area (Å²) in [7, 11) is 0. The summed E-state index contributed by atoms with van der Waals surface area (Å²) in [6.45, 7) is 5.62. The number of carbonyl (C=O) groups is 2. The second-order valence-electron chi connectivity index (χ2n) is 6.53. The molecule has 0 saturated carbocycles. The van der Waals surface area contributed by atoms with Gasteiger partial charge < -0.3 is 15.2 Å². The number of halogens is 1. The Bertz CT molecular complexity index is 804. The van der Waals surface area contributed by atoms with Crippen molar-refractivity contribution in [2.75, 3.05) is 5.32 Å². The van der Waals surface area contributed by atoms with Crippen molar-refractivity contribution in [1.29, 1.82) is 0 Å². The fourth-order valence-electron chi connectivity index (χ4n) is 2.72. The van der Waals surface area contributed by atoms with Crippen molar-refractivity contribution in [2.45, 2.75) is 45.6 Å². The van der Waals surface area contributed by atoms with E-state index in [4.69, 9.17) is 21.4 Å². The zero-order valence-electron chi connectivity index (χ0n) is 15.7. The Kier molecular flexibility index (Phi) is 7.25. The number of benzene rings is 2. The highest BCUT2D eigenvalue weighted by molar-refractivity contribution is 6.30. The lowest BCUT2D eigenvalue weighted by atomic mass is 9.98. The molecular weight excluding hydrogens is 366 g/mol. The normalized spacial score (nSPS) is 12.9. The van der Waals surface area contributed by atoms with Crippen molar-refractivity contribution < 1.29 is 19.4 Å². The number of carbonyl (C=O) groups excluding carboxylic acids is 1. The maximum atomic E-state index is 12.6. The van der Waals surface area contributed by atoms with Crippen LogP contribution in [0.1, 0.15) is 43.7 Å². The summed E-state index contributed by atoms with van der Waals surface area (Å²) in [5.41, 5.74) is 2.42. The molecule has 0 aromatic heterocycles. The molecule has 0 radical (unpaired) electrons. The minimum absolute atomic E-state index is 0.0674. The Balaban J connectivity index is 2.02. The Labute approximate surface area is 164 Å². The van der Waals surface area contributed by atoms with Crippen LogP contribution in [0.5, 0.6) is 5.75 Å². The van der Waals surface area contributed by atoms with Crippen molar-refractivity contribution in [3.63, 3.8) is 0 Å². The van der Waals surface area contributed by atoms with E-state index in [1.165, 1.54) is 0 Å². The van der Waals surface area contributed by atoms with E-state index in [9.17, 15) is 9.59 Å². The smallest absolute Gasteiger partial charge is 0.303 e. The molecule has 1 amide bonds. The molecule has 144 valence electrons. The number of aryl methyl sites for hydroxylation is 1. The van der Waals surface area contributed by atoms with Gasteiger partial charge in [0.05, 0.1) is 6.42 Å². The molecule has 2 unspecified atom stereocenters. The van der Waals surface area contributed by atoms with Gasteiger partial charge in [0.25, 0.3) is 5.91 Å². The van der Waals surface area contributed by atoms with E-state index in [0.717, 1.165) is 11.1 Å². The number of hydrogen-bond acceptors (Lipinski definition) is 3. The molecule has 0 aliphatic carbocycles. The van der Waals surface area contributed by atoms with Crippen molar-refractivity contribution in [2.24, 2.45) is 0 Å². The molecule has 0 aliphatic rings. The van der Waals surface area contributed by atoms with Crippen LogP contribution in [-0.4, -0.2) is 23.1 Å². The average Bonchev–Trinajstić information content (AvgIpc) is 2.61. The number of anilines is 1. The molecule has 0 aliphatic heterocycles. The van der Waals surface area contributed by atoms with Gasteiger partial charge in [0, 0.05) is 10.7 Å². The molecule has 2 rings (SSSR count). The molecule has 0 fully saturated rings. The first-order chi connectivity index (χ1) is 12.8. The summed E-state index contributed by atoms with van der Waals surface area (Å²) < 4.78 is 5.85. The molecule has 2 aromatic rings. The molecule has 2 atom stereocenters. The Morgan fingerprint density at radius 1 is 1.19 bits per heavy atom. The highest BCUT2D eigenvalue weighted by atomic mass is 35.5. The predicted molar refractivity (Wildman–Crippen MR) is 107 cm³/mol. The molecule has 0 bridgehead atoms. The van der Waals surface area contributed by atoms with Crippen LogP contribution in [0.25, 0.3) is 0 Å². The van der Waals surface area contributed by atoms with Gasteiger partial charge >= 0.3 is 5.97 Å². The molecule has 0 heterocycles. The fraction of sp³-hybridized carbons (Fsp3) is 0.333. The van der Waals surface area contributed by atoms with Crippen LogP contribution >= 0.6 is 11.6 Å². The number of ether oxygens (including phenoxy) is 1. The van der Waals surface area contributed by atoms with E-state index >= 15 is 0 Å². The summed E-state index contributed by atoms with van der Waals surface area (Å²) >= 11 is 5.95. The van der Waals surface area contributed by atoms with Crippen LogP contribution in [0.3, 0.4) is 0 Å². The third-order valence-corrected chi connectivity index (χ3v) is 4.53. The molecule has 27 heavy (non-hydrogen) atoms. The third kappa shape index (κ3) is 6.00. The number of carboxylic acids is 1. The number of hydrogen-bond donors (Lipinski definition) is 2. The van der Waals surface area contributed by atoms with Crippen LogP contribution < -0.4 is 10.1 Å². The largest absolute Gasteiger partial charge is 0.481 e. The monoisotopic (exact) mass is 389 g/mol. The van der Waals surface area contributed by atoms with Gasteiger partial charge in [-0.2, -0.15) is 0 Å². The van der Waals surface area contributed by atoms with Gasteiger partial charge in [-0.15, -0.1) is 0 Å². The van der Waals surface area contributed by atoms with E-state index in [1.807, 2.05) is 32.9 Å². The van der Waals surface area contributed by atoms with Crippen molar-refractivity contribution >= 4 is 29.2 Å². The second-order valence-corrected chi connectivity index (χ2v) is 6.97. The lowest BCUT2D eigenvalue weighted by Gasteiger charge is -2.19. The van der Waals surface area contributed by atoms with Gasteiger partial charge in [-0.25, -0.2) is 0 Å². The molecule has 0 saturated heterocycles. The zero-order chi connectivity index (χ0) is 20.0. The first-order valence-electron chi connectivity index (χ1n) is 8.85. The second kappa shape index (κ2) is 9.42. The molecule has 6 heteroatoms. The summed E-state index contributed by atoms with van der Waals surface area (Å²) in [5, 5.41) is 12.3. The first kappa shape index (κ1) is 20.8. The summed E-state index contributed by atoms with van der Waals surface area (Å²) in [6, 6.07) is 12.5. The molecule has 2 aromatic carbocycles. The topological polar surface area (TPSA) is 75.6 Å². The zero-order valence-corrected chi connectivity index (χ0v) is 16.4. The maximum Gasteiger partial charge on any atom is 0.303 e. The van der Waals surface area contributed by atoms with E-state index in [0.29, 0.717) is 22.9 Å². The van der Waals surface area contributed by atoms with Crippen molar-refractivity contribution in [3.8, 4) is 5.75 Å². The number of amides is 1. The van der Waals surface area contributed by atoms with Crippen molar-refractivity contribution in [3.05, 3.63) is 58.6 Å². The quantitative estimate of drug-likeness (QED) is 0.664. The van der Waals surface area contributed by atoms with E-state index in [1.54, 1.807) is 30.3 Å². The fourth-order valence-corrected chi connectivity index (χ4v) is 2.94. The van der Waals surface area contributed by atoms with Gasteiger partial charge in [-0.1, -0.05) is 37.6 Å². The SMILES string of the molecule is CCC(Oc1ccc(Cl)cc1C)C(=O)Nc1ccc(C(C)CC(=O)O)cc1. The first-order valence-corrected chi connectivity index (χ1v) is 9.23. The maximum absolute atomic E-state index is 12.6. The highest BCUT2D eigenvalue weighted by Gasteiger charge is 2.19. The van der Waals surface area contributed by atoms with E-state index in [2.05, 4.69) is 5.32 Å². The summed E-state index contributed by atoms with van der Waals surface area (Å²) in [6.07, 6.45) is -0.0463. The van der Waals surface area contributed by atoms with E-state index < -0.39 is 12.1 Å². The minimum atomic E-state index is -0.833. The number of nitrogens with one attached hydrogen (secondary N) is 1. The van der Waals surface area contributed by atoms with Gasteiger partial charge in [0.15, 0.2) is 6.10 Å². The Morgan fingerprint density at radius 3 is 2.41 bits per heavy atom. The third-order valence-electron chi connectivity index (χ3n) is 4.30. The van der Waals surface area contributed by atoms with E-state index in [-0.39, 0.29) is 18.2 Å². The lowest BCUT2D eigenvalue weighted by Crippen LogP contribution is -2.32. The van der Waals surface area contributed by atoms with Crippen LogP contribution in [0.15, 0.2) is 42.5 Å². The molecular formula is C21H24ClNO4. The molecule has 5 nitrogen and oxygen atoms in total. The van der Waals surface area contributed by atoms with Crippen LogP contribution in [0.2, 0.25) is 5.02 Å². The predicted octanol–water partition coefficient (Wildman–Crippen LogP) is 5.02. The van der Waals surface area contributed by atoms with Gasteiger partial charge in [-0.05, 0) is 60.7 Å². The summed E-state index contributed by atoms with van der Waals surface area (Å²) in [5.74, 6) is -0.537. The van der Waals surface area contributed by atoms with Crippen molar-refractivity contribution in [1.82, 2.24) is 0 Å². The number of aliphatic carboxylic acids is 1. The van der Waals surface area contributed by atoms with Gasteiger partial charge in [-0.3, -0.25) is 9.59 Å². The minimum Gasteiger partial charge on any atom is -0.481 e. The standard InChI is InChI=1S/C21H24ClNO4/c1-4-18(27-19-10-7-16(22)11-14(19)3)21(26)23-17-8-5-15(6-9-17)13(2)12-20(24)25/h5-11,13,18H,4,12H2,1-3H3,(H,23,26)(H,24,25). The van der Waals surface area contributed by atoms with Gasteiger partial charge in [0.2, 0.25) is 0 Å². The lowest BCUT2D eigenvalue weighted by molar-refractivity contribution is -0.137. The number of rotatable bonds is 8. The Hall–Kier alpha value is -2.53. The van der Waals surface area contributed by atoms with Crippen LogP contribution in [0, 0.1) is 6.92 Å².